The fourth-order valence-corrected chi connectivity index (χ4v) is 3.64. The summed E-state index contributed by atoms with van der Waals surface area (Å²) in [5.74, 6) is -0.552. The van der Waals surface area contributed by atoms with Gasteiger partial charge in [0.05, 0.1) is 20.3 Å². The number of amides is 2. The molecule has 8 nitrogen and oxygen atoms in total. The highest BCUT2D eigenvalue weighted by atomic mass is 35.5. The Morgan fingerprint density at radius 1 is 1.37 bits per heavy atom. The maximum absolute atomic E-state index is 12.1. The number of esters is 1. The van der Waals surface area contributed by atoms with E-state index in [-0.39, 0.29) is 5.17 Å². The number of hydrogen-bond acceptors (Lipinski definition) is 5. The second-order valence-corrected chi connectivity index (χ2v) is 7.25. The molecule has 0 radical (unpaired) electrons. The zero-order chi connectivity index (χ0) is 19.8. The minimum Gasteiger partial charge on any atom is -0.468 e. The molecule has 1 aromatic rings. The van der Waals surface area contributed by atoms with E-state index in [1.807, 2.05) is 0 Å². The lowest BCUT2D eigenvalue weighted by molar-refractivity contribution is -0.140. The van der Waals surface area contributed by atoms with Gasteiger partial charge in [-0.3, -0.25) is 4.79 Å². The van der Waals surface area contributed by atoms with E-state index in [4.69, 9.17) is 38.4 Å². The molecule has 11 heteroatoms. The molecule has 1 aromatic carbocycles. The van der Waals surface area contributed by atoms with Crippen molar-refractivity contribution < 1.29 is 19.1 Å². The third-order valence-electron chi connectivity index (χ3n) is 3.53. The van der Waals surface area contributed by atoms with Crippen LogP contribution in [-0.4, -0.2) is 61.8 Å². The summed E-state index contributed by atoms with van der Waals surface area (Å²) in [6.45, 7) is 1.91. The van der Waals surface area contributed by atoms with Gasteiger partial charge in [0.1, 0.15) is 11.6 Å². The van der Waals surface area contributed by atoms with Gasteiger partial charge in [0.25, 0.3) is 0 Å². The van der Waals surface area contributed by atoms with Crippen molar-refractivity contribution in [2.75, 3.05) is 33.4 Å². The fourth-order valence-electron chi connectivity index (χ4n) is 2.18. The third-order valence-corrected chi connectivity index (χ3v) is 5.12. The van der Waals surface area contributed by atoms with Crippen molar-refractivity contribution in [3.63, 3.8) is 0 Å². The number of benzene rings is 1. The SMILES string of the molecule is COC(=O)C(SC(N)=NC=NC(=O)N1CCOCC1)c1ccc(Cl)cc1Cl. The van der Waals surface area contributed by atoms with Crippen LogP contribution in [0, 0.1) is 0 Å². The number of nitrogens with two attached hydrogens (primary N) is 1. The molecule has 2 amide bonds. The van der Waals surface area contributed by atoms with E-state index in [0.717, 1.165) is 18.1 Å². The van der Waals surface area contributed by atoms with Crippen LogP contribution >= 0.6 is 35.0 Å². The molecular weight excluding hydrogens is 415 g/mol. The molecule has 2 N–H and O–H groups in total. The number of amidine groups is 1. The summed E-state index contributed by atoms with van der Waals surface area (Å²) < 4.78 is 9.98. The number of morpholine rings is 1. The number of rotatable bonds is 4. The average Bonchev–Trinajstić information content (AvgIpc) is 2.66. The van der Waals surface area contributed by atoms with Crippen molar-refractivity contribution in [2.24, 2.45) is 15.7 Å². The second kappa shape index (κ2) is 10.5. The van der Waals surface area contributed by atoms with Gasteiger partial charge in [0.15, 0.2) is 5.17 Å². The Labute approximate surface area is 170 Å². The molecule has 1 fully saturated rings. The Hall–Kier alpha value is -1.81. The molecule has 0 spiro atoms. The maximum Gasteiger partial charge on any atom is 0.345 e. The molecule has 1 aliphatic rings. The van der Waals surface area contributed by atoms with Gasteiger partial charge in [0.2, 0.25) is 0 Å². The first kappa shape index (κ1) is 21.5. The molecule has 1 aliphatic heterocycles. The standard InChI is InChI=1S/C16H18Cl2N4O4S/c1-25-14(23)13(11-3-2-10(17)8-12(11)18)27-15(19)20-9-21-16(24)22-4-6-26-7-5-22/h2-3,8-9,13H,4-7H2,1H3,(H2,19,20,21,24). The zero-order valence-corrected chi connectivity index (χ0v) is 16.8. The number of hydrogen-bond donors (Lipinski definition) is 1. The Morgan fingerprint density at radius 3 is 2.70 bits per heavy atom. The molecule has 146 valence electrons. The van der Waals surface area contributed by atoms with Crippen molar-refractivity contribution in [1.82, 2.24) is 4.90 Å². The predicted octanol–water partition coefficient (Wildman–Crippen LogP) is 2.74. The summed E-state index contributed by atoms with van der Waals surface area (Å²) in [7, 11) is 1.26. The summed E-state index contributed by atoms with van der Waals surface area (Å²) in [6, 6.07) is 4.31. The summed E-state index contributed by atoms with van der Waals surface area (Å²) in [6.07, 6.45) is 1.05. The maximum atomic E-state index is 12.1. The van der Waals surface area contributed by atoms with Crippen molar-refractivity contribution in [1.29, 1.82) is 0 Å². The number of methoxy groups -OCH3 is 1. The number of thioether (sulfide) groups is 1. The molecule has 0 aliphatic carbocycles. The van der Waals surface area contributed by atoms with Gasteiger partial charge in [-0.2, -0.15) is 4.99 Å². The van der Waals surface area contributed by atoms with Gasteiger partial charge in [-0.05, 0) is 17.7 Å². The summed E-state index contributed by atoms with van der Waals surface area (Å²) in [5.41, 5.74) is 6.33. The Balaban J connectivity index is 2.07. The second-order valence-electron chi connectivity index (χ2n) is 5.28. The fraction of sp³-hybridized carbons (Fsp3) is 0.375. The molecule has 1 heterocycles. The van der Waals surface area contributed by atoms with Crippen LogP contribution in [0.15, 0.2) is 28.2 Å². The van der Waals surface area contributed by atoms with Crippen LogP contribution in [-0.2, 0) is 14.3 Å². The summed E-state index contributed by atoms with van der Waals surface area (Å²) in [4.78, 5) is 33.2. The molecule has 1 unspecified atom stereocenters. The molecule has 0 saturated carbocycles. The topological polar surface area (TPSA) is 107 Å². The molecule has 1 atom stereocenters. The Kier molecular flexibility index (Phi) is 8.36. The molecule has 0 bridgehead atoms. The van der Waals surface area contributed by atoms with Crippen LogP contribution in [0.4, 0.5) is 4.79 Å². The number of carbonyl (C=O) groups is 2. The highest BCUT2D eigenvalue weighted by Crippen LogP contribution is 2.35. The first-order chi connectivity index (χ1) is 12.9. The number of carbonyl (C=O) groups excluding carboxylic acids is 2. The van der Waals surface area contributed by atoms with E-state index in [1.54, 1.807) is 17.0 Å². The molecular formula is C16H18Cl2N4O4S. The highest BCUT2D eigenvalue weighted by Gasteiger charge is 2.26. The van der Waals surface area contributed by atoms with E-state index < -0.39 is 17.3 Å². The first-order valence-electron chi connectivity index (χ1n) is 7.84. The monoisotopic (exact) mass is 432 g/mol. The smallest absolute Gasteiger partial charge is 0.345 e. The first-order valence-corrected chi connectivity index (χ1v) is 9.48. The van der Waals surface area contributed by atoms with E-state index in [2.05, 4.69) is 9.98 Å². The van der Waals surface area contributed by atoms with Crippen LogP contribution in [0.2, 0.25) is 10.0 Å². The van der Waals surface area contributed by atoms with Gasteiger partial charge in [0, 0.05) is 23.1 Å². The Morgan fingerprint density at radius 2 is 2.07 bits per heavy atom. The van der Waals surface area contributed by atoms with Crippen LogP contribution in [0.1, 0.15) is 10.8 Å². The van der Waals surface area contributed by atoms with Crippen molar-refractivity contribution >= 4 is 58.5 Å². The van der Waals surface area contributed by atoms with Crippen LogP contribution in [0.25, 0.3) is 0 Å². The summed E-state index contributed by atoms with van der Waals surface area (Å²) in [5, 5.41) is -0.0797. The molecule has 2 rings (SSSR count). The van der Waals surface area contributed by atoms with Crippen molar-refractivity contribution in [3.8, 4) is 0 Å². The van der Waals surface area contributed by atoms with Crippen molar-refractivity contribution in [3.05, 3.63) is 33.8 Å². The lowest BCUT2D eigenvalue weighted by Gasteiger charge is -2.24. The number of nitrogens with zero attached hydrogens (tertiary/aromatic N) is 3. The van der Waals surface area contributed by atoms with Gasteiger partial charge < -0.3 is 20.1 Å². The Bertz CT molecular complexity index is 754. The van der Waals surface area contributed by atoms with E-state index in [0.29, 0.717) is 41.9 Å². The molecule has 0 aromatic heterocycles. The zero-order valence-electron chi connectivity index (χ0n) is 14.4. The third kappa shape index (κ3) is 6.39. The largest absolute Gasteiger partial charge is 0.468 e. The van der Waals surface area contributed by atoms with E-state index in [1.165, 1.54) is 13.2 Å². The minimum absolute atomic E-state index is 0.0231. The molecule has 1 saturated heterocycles. The molecule has 27 heavy (non-hydrogen) atoms. The van der Waals surface area contributed by atoms with Crippen LogP contribution in [0.5, 0.6) is 0 Å². The normalized spacial score (nSPS) is 16.4. The summed E-state index contributed by atoms with van der Waals surface area (Å²) >= 11 is 13.0. The van der Waals surface area contributed by atoms with Crippen molar-refractivity contribution in [2.45, 2.75) is 5.25 Å². The quantitative estimate of drug-likeness (QED) is 0.445. The minimum atomic E-state index is -0.841. The highest BCUT2D eigenvalue weighted by molar-refractivity contribution is 8.14. The lowest BCUT2D eigenvalue weighted by atomic mass is 10.1. The number of aliphatic imine (C=N–C) groups is 2. The number of halogens is 2. The van der Waals surface area contributed by atoms with E-state index >= 15 is 0 Å². The van der Waals surface area contributed by atoms with Crippen LogP contribution in [0.3, 0.4) is 0 Å². The van der Waals surface area contributed by atoms with Crippen LogP contribution < -0.4 is 5.73 Å². The van der Waals surface area contributed by atoms with Gasteiger partial charge in [-0.15, -0.1) is 0 Å². The lowest BCUT2D eigenvalue weighted by Crippen LogP contribution is -2.39. The van der Waals surface area contributed by atoms with Gasteiger partial charge in [-0.1, -0.05) is 41.0 Å². The number of urea groups is 1. The van der Waals surface area contributed by atoms with E-state index in [9.17, 15) is 9.59 Å². The number of ether oxygens (including phenoxy) is 2. The predicted molar refractivity (Wildman–Crippen MR) is 107 cm³/mol. The van der Waals surface area contributed by atoms with Gasteiger partial charge >= 0.3 is 12.0 Å². The van der Waals surface area contributed by atoms with Gasteiger partial charge in [-0.25, -0.2) is 9.79 Å². The average molecular weight is 433 g/mol.